The fourth-order valence-corrected chi connectivity index (χ4v) is 2.44. The van der Waals surface area contributed by atoms with Crippen molar-refractivity contribution >= 4 is 28.8 Å². The van der Waals surface area contributed by atoms with Crippen molar-refractivity contribution in [1.29, 1.82) is 0 Å². The Bertz CT molecular complexity index is 433. The third-order valence-electron chi connectivity index (χ3n) is 3.07. The molecule has 0 unspecified atom stereocenters. The highest BCUT2D eigenvalue weighted by molar-refractivity contribution is 7.80. The Morgan fingerprint density at radius 3 is 2.78 bits per heavy atom. The minimum atomic E-state index is 0.314. The van der Waals surface area contributed by atoms with Crippen LogP contribution in [0.3, 0.4) is 0 Å². The van der Waals surface area contributed by atoms with E-state index in [0.717, 1.165) is 6.54 Å². The molecule has 0 radical (unpaired) electrons. The molecule has 1 saturated heterocycles. The maximum absolute atomic E-state index is 5.92. The van der Waals surface area contributed by atoms with E-state index in [1.54, 1.807) is 12.1 Å². The second kappa shape index (κ2) is 6.36. The SMILES string of the molecule is NC(=S)c1cc(Cl)ccc1OCCN1CCCC1. The lowest BCUT2D eigenvalue weighted by molar-refractivity contribution is 0.237. The number of ether oxygens (including phenoxy) is 1. The van der Waals surface area contributed by atoms with Crippen LogP contribution in [0.15, 0.2) is 18.2 Å². The van der Waals surface area contributed by atoms with Gasteiger partial charge in [0.25, 0.3) is 0 Å². The third kappa shape index (κ3) is 3.57. The number of nitrogens with two attached hydrogens (primary N) is 1. The Balaban J connectivity index is 1.93. The van der Waals surface area contributed by atoms with Crippen LogP contribution >= 0.6 is 23.8 Å². The van der Waals surface area contributed by atoms with Gasteiger partial charge in [-0.3, -0.25) is 4.90 Å². The zero-order chi connectivity index (χ0) is 13.0. The summed E-state index contributed by atoms with van der Waals surface area (Å²) in [6, 6.07) is 5.35. The van der Waals surface area contributed by atoms with Gasteiger partial charge in [0.05, 0.1) is 5.56 Å². The molecule has 0 saturated carbocycles. The molecule has 98 valence electrons. The summed E-state index contributed by atoms with van der Waals surface area (Å²) in [5.41, 5.74) is 6.37. The largest absolute Gasteiger partial charge is 0.492 e. The van der Waals surface area contributed by atoms with Gasteiger partial charge in [-0.25, -0.2) is 0 Å². The van der Waals surface area contributed by atoms with Crippen molar-refractivity contribution in [3.63, 3.8) is 0 Å². The van der Waals surface area contributed by atoms with Gasteiger partial charge in [-0.2, -0.15) is 0 Å². The second-order valence-electron chi connectivity index (χ2n) is 4.40. The molecule has 0 atom stereocenters. The number of nitrogens with zero attached hydrogens (tertiary/aromatic N) is 1. The average Bonchev–Trinajstić information content (AvgIpc) is 2.84. The summed E-state index contributed by atoms with van der Waals surface area (Å²) in [5.74, 6) is 0.714. The molecule has 0 amide bonds. The Hall–Kier alpha value is -0.840. The van der Waals surface area contributed by atoms with Gasteiger partial charge in [0, 0.05) is 11.6 Å². The molecule has 0 aliphatic carbocycles. The fraction of sp³-hybridized carbons (Fsp3) is 0.462. The van der Waals surface area contributed by atoms with Gasteiger partial charge in [-0.15, -0.1) is 0 Å². The van der Waals surface area contributed by atoms with Gasteiger partial charge in [0.2, 0.25) is 0 Å². The summed E-state index contributed by atoms with van der Waals surface area (Å²) in [6.07, 6.45) is 2.58. The number of benzene rings is 1. The topological polar surface area (TPSA) is 38.5 Å². The van der Waals surface area contributed by atoms with E-state index in [1.807, 2.05) is 6.07 Å². The molecule has 0 bridgehead atoms. The van der Waals surface area contributed by atoms with E-state index in [1.165, 1.54) is 25.9 Å². The molecule has 1 aromatic rings. The van der Waals surface area contributed by atoms with E-state index in [9.17, 15) is 0 Å². The first-order valence-electron chi connectivity index (χ1n) is 6.11. The zero-order valence-electron chi connectivity index (χ0n) is 10.2. The van der Waals surface area contributed by atoms with Gasteiger partial charge in [-0.1, -0.05) is 23.8 Å². The fourth-order valence-electron chi connectivity index (χ4n) is 2.11. The highest BCUT2D eigenvalue weighted by Gasteiger charge is 2.12. The standard InChI is InChI=1S/C13H17ClN2OS/c14-10-3-4-12(11(9-10)13(15)18)17-8-7-16-5-1-2-6-16/h3-4,9H,1-2,5-8H2,(H2,15,18). The number of hydrogen-bond donors (Lipinski definition) is 1. The van der Waals surface area contributed by atoms with Crippen LogP contribution in [0.5, 0.6) is 5.75 Å². The van der Waals surface area contributed by atoms with Gasteiger partial charge in [0.1, 0.15) is 17.3 Å². The van der Waals surface area contributed by atoms with Crippen LogP contribution in [0, 0.1) is 0 Å². The molecule has 3 nitrogen and oxygen atoms in total. The van der Waals surface area contributed by atoms with Gasteiger partial charge in [0.15, 0.2) is 0 Å². The van der Waals surface area contributed by atoms with Gasteiger partial charge >= 0.3 is 0 Å². The van der Waals surface area contributed by atoms with Crippen molar-refractivity contribution < 1.29 is 4.74 Å². The summed E-state index contributed by atoms with van der Waals surface area (Å²) >= 11 is 10.9. The van der Waals surface area contributed by atoms with Crippen molar-refractivity contribution in [2.24, 2.45) is 5.73 Å². The molecule has 1 heterocycles. The Morgan fingerprint density at radius 1 is 1.39 bits per heavy atom. The lowest BCUT2D eigenvalue weighted by Gasteiger charge is -2.16. The summed E-state index contributed by atoms with van der Waals surface area (Å²) in [4.78, 5) is 2.71. The highest BCUT2D eigenvalue weighted by atomic mass is 35.5. The van der Waals surface area contributed by atoms with Gasteiger partial charge in [-0.05, 0) is 44.1 Å². The molecule has 1 aliphatic heterocycles. The quantitative estimate of drug-likeness (QED) is 0.843. The van der Waals surface area contributed by atoms with Crippen LogP contribution in [-0.2, 0) is 0 Å². The Morgan fingerprint density at radius 2 is 2.11 bits per heavy atom. The first-order valence-corrected chi connectivity index (χ1v) is 6.90. The minimum absolute atomic E-state index is 0.314. The summed E-state index contributed by atoms with van der Waals surface area (Å²) in [6.45, 7) is 3.94. The Kier molecular flexibility index (Phi) is 4.80. The van der Waals surface area contributed by atoms with E-state index in [0.29, 0.717) is 27.9 Å². The second-order valence-corrected chi connectivity index (χ2v) is 5.28. The Labute approximate surface area is 118 Å². The normalized spacial score (nSPS) is 15.8. The predicted molar refractivity (Wildman–Crippen MR) is 78.5 cm³/mol. The third-order valence-corrected chi connectivity index (χ3v) is 3.53. The highest BCUT2D eigenvalue weighted by Crippen LogP contribution is 2.23. The molecular formula is C13H17ClN2OS. The van der Waals surface area contributed by atoms with Crippen LogP contribution in [0.1, 0.15) is 18.4 Å². The number of thiocarbonyl (C=S) groups is 1. The van der Waals surface area contributed by atoms with E-state index in [4.69, 9.17) is 34.3 Å². The van der Waals surface area contributed by atoms with E-state index >= 15 is 0 Å². The molecule has 0 spiro atoms. The van der Waals surface area contributed by atoms with E-state index < -0.39 is 0 Å². The number of rotatable bonds is 5. The van der Waals surface area contributed by atoms with Crippen LogP contribution < -0.4 is 10.5 Å². The molecular weight excluding hydrogens is 268 g/mol. The molecule has 18 heavy (non-hydrogen) atoms. The first-order chi connectivity index (χ1) is 8.66. The van der Waals surface area contributed by atoms with Crippen molar-refractivity contribution in [3.05, 3.63) is 28.8 Å². The average molecular weight is 285 g/mol. The number of halogens is 1. The van der Waals surface area contributed by atoms with Crippen molar-refractivity contribution in [1.82, 2.24) is 4.90 Å². The van der Waals surface area contributed by atoms with Gasteiger partial charge < -0.3 is 10.5 Å². The summed E-state index contributed by atoms with van der Waals surface area (Å²) in [5, 5.41) is 0.615. The molecule has 2 N–H and O–H groups in total. The van der Waals surface area contributed by atoms with Crippen LogP contribution in [-0.4, -0.2) is 36.1 Å². The molecule has 1 aliphatic rings. The lowest BCUT2D eigenvalue weighted by atomic mass is 10.2. The molecule has 5 heteroatoms. The maximum atomic E-state index is 5.92. The first kappa shape index (κ1) is 13.6. The van der Waals surface area contributed by atoms with Crippen molar-refractivity contribution in [2.45, 2.75) is 12.8 Å². The zero-order valence-corrected chi connectivity index (χ0v) is 11.8. The number of likely N-dealkylation sites (tertiary alicyclic amines) is 1. The lowest BCUT2D eigenvalue weighted by Crippen LogP contribution is -2.25. The van der Waals surface area contributed by atoms with Crippen molar-refractivity contribution in [2.75, 3.05) is 26.2 Å². The molecule has 2 rings (SSSR count). The molecule has 1 fully saturated rings. The monoisotopic (exact) mass is 284 g/mol. The minimum Gasteiger partial charge on any atom is -0.492 e. The van der Waals surface area contributed by atoms with Crippen LogP contribution in [0.25, 0.3) is 0 Å². The summed E-state index contributed by atoms with van der Waals surface area (Å²) in [7, 11) is 0. The van der Waals surface area contributed by atoms with E-state index in [-0.39, 0.29) is 0 Å². The van der Waals surface area contributed by atoms with Crippen LogP contribution in [0.2, 0.25) is 5.02 Å². The smallest absolute Gasteiger partial charge is 0.129 e. The van der Waals surface area contributed by atoms with Crippen molar-refractivity contribution in [3.8, 4) is 5.75 Å². The predicted octanol–water partition coefficient (Wildman–Crippen LogP) is 2.45. The molecule has 0 aromatic heterocycles. The number of hydrogen-bond acceptors (Lipinski definition) is 3. The van der Waals surface area contributed by atoms with E-state index in [2.05, 4.69) is 4.90 Å². The maximum Gasteiger partial charge on any atom is 0.129 e. The van der Waals surface area contributed by atoms with Crippen LogP contribution in [0.4, 0.5) is 0 Å². The summed E-state index contributed by atoms with van der Waals surface area (Å²) < 4.78 is 5.75. The molecule has 1 aromatic carbocycles.